The van der Waals surface area contributed by atoms with Gasteiger partial charge in [-0.2, -0.15) is 4.98 Å². The Morgan fingerprint density at radius 3 is 2.57 bits per heavy atom. The van der Waals surface area contributed by atoms with Crippen molar-refractivity contribution < 1.29 is 13.2 Å². The Labute approximate surface area is 207 Å². The molecule has 1 aromatic heterocycles. The van der Waals surface area contributed by atoms with Gasteiger partial charge in [0, 0.05) is 31.0 Å². The number of nitrogens with one attached hydrogen (secondary N) is 3. The Bertz CT molecular complexity index is 1280. The molecular weight excluding hydrogens is 463 g/mol. The van der Waals surface area contributed by atoms with Crippen molar-refractivity contribution in [3.05, 3.63) is 48.7 Å². The lowest BCUT2D eigenvalue weighted by Crippen LogP contribution is -2.22. The van der Waals surface area contributed by atoms with Crippen LogP contribution < -0.4 is 30.5 Å². The largest absolute Gasteiger partial charge is 0.492 e. The molecule has 183 valence electrons. The van der Waals surface area contributed by atoms with Crippen molar-refractivity contribution in [3.8, 4) is 5.75 Å². The fourth-order valence-electron chi connectivity index (χ4n) is 3.99. The van der Waals surface area contributed by atoms with Crippen molar-refractivity contribution >= 4 is 51.6 Å². The average molecular weight is 493 g/mol. The zero-order valence-electron chi connectivity index (χ0n) is 20.2. The molecule has 3 N–H and O–H groups in total. The second kappa shape index (κ2) is 11.0. The highest BCUT2D eigenvalue weighted by Gasteiger charge is 2.19. The number of hydrogen-bond donors (Lipinski definition) is 3. The predicted octanol–water partition coefficient (Wildman–Crippen LogP) is 3.25. The molecule has 0 saturated carbocycles. The molecule has 0 atom stereocenters. The first-order chi connectivity index (χ1) is 16.9. The number of benzene rings is 2. The zero-order valence-corrected chi connectivity index (χ0v) is 21.0. The Balaban J connectivity index is 1.64. The van der Waals surface area contributed by atoms with E-state index in [0.717, 1.165) is 35.7 Å². The van der Waals surface area contributed by atoms with E-state index in [1.165, 1.54) is 19.9 Å². The van der Waals surface area contributed by atoms with Crippen molar-refractivity contribution in [1.82, 2.24) is 14.7 Å². The van der Waals surface area contributed by atoms with Gasteiger partial charge in [-0.15, -0.1) is 0 Å². The fourth-order valence-corrected chi connectivity index (χ4v) is 4.87. The number of ether oxygens (including phenoxy) is 1. The average Bonchev–Trinajstić information content (AvgIpc) is 3.41. The van der Waals surface area contributed by atoms with Crippen molar-refractivity contribution in [2.45, 2.75) is 31.5 Å². The van der Waals surface area contributed by atoms with Gasteiger partial charge in [0.1, 0.15) is 16.5 Å². The van der Waals surface area contributed by atoms with E-state index in [4.69, 9.17) is 4.74 Å². The van der Waals surface area contributed by atoms with Crippen LogP contribution in [0.2, 0.25) is 6.82 Å². The third-order valence-corrected chi connectivity index (χ3v) is 7.28. The van der Waals surface area contributed by atoms with Gasteiger partial charge in [0.05, 0.1) is 18.0 Å². The van der Waals surface area contributed by atoms with Crippen molar-refractivity contribution in [2.24, 2.45) is 0 Å². The Hall–Kier alpha value is -3.31. The molecule has 3 aromatic rings. The topological polar surface area (TPSA) is 108 Å². The summed E-state index contributed by atoms with van der Waals surface area (Å²) < 4.78 is 33.2. The van der Waals surface area contributed by atoms with E-state index >= 15 is 0 Å². The maximum Gasteiger partial charge on any atom is 0.242 e. The normalized spacial score (nSPS) is 13.5. The number of para-hydroxylation sites is 1. The van der Waals surface area contributed by atoms with E-state index in [0.29, 0.717) is 24.1 Å². The minimum Gasteiger partial charge on any atom is -0.492 e. The SMILES string of the molecule is C[B]c1cnc(Nc2ccc(N3CCCC3)cc2OCC)nc1Nc1ccccc1S(=O)(=O)NC. The van der Waals surface area contributed by atoms with E-state index < -0.39 is 10.0 Å². The van der Waals surface area contributed by atoms with E-state index in [2.05, 4.69) is 36.3 Å². The Morgan fingerprint density at radius 2 is 1.86 bits per heavy atom. The van der Waals surface area contributed by atoms with E-state index in [9.17, 15) is 8.42 Å². The number of sulfonamides is 1. The summed E-state index contributed by atoms with van der Waals surface area (Å²) in [6, 6.07) is 12.8. The molecule has 2 heterocycles. The van der Waals surface area contributed by atoms with Crippen LogP contribution in [-0.2, 0) is 10.0 Å². The molecule has 0 spiro atoms. The highest BCUT2D eigenvalue weighted by Crippen LogP contribution is 2.33. The van der Waals surface area contributed by atoms with Crippen molar-refractivity contribution in [1.29, 1.82) is 0 Å². The highest BCUT2D eigenvalue weighted by atomic mass is 32.2. The Kier molecular flexibility index (Phi) is 7.77. The number of aromatic nitrogens is 2. The van der Waals surface area contributed by atoms with E-state index in [1.54, 1.807) is 30.5 Å². The highest BCUT2D eigenvalue weighted by molar-refractivity contribution is 7.89. The van der Waals surface area contributed by atoms with Crippen molar-refractivity contribution in [3.63, 3.8) is 0 Å². The molecule has 0 bridgehead atoms. The van der Waals surface area contributed by atoms with Crippen LogP contribution >= 0.6 is 0 Å². The third-order valence-electron chi connectivity index (χ3n) is 5.81. The summed E-state index contributed by atoms with van der Waals surface area (Å²) in [6.07, 6.45) is 4.09. The van der Waals surface area contributed by atoms with Gasteiger partial charge >= 0.3 is 0 Å². The summed E-state index contributed by atoms with van der Waals surface area (Å²) in [6.45, 7) is 6.46. The van der Waals surface area contributed by atoms with Crippen LogP contribution in [0.3, 0.4) is 0 Å². The van der Waals surface area contributed by atoms with Crippen molar-refractivity contribution in [2.75, 3.05) is 42.3 Å². The maximum atomic E-state index is 12.5. The fraction of sp³-hybridized carbons (Fsp3) is 0.333. The molecule has 0 aliphatic carbocycles. The van der Waals surface area contributed by atoms with Crippen LogP contribution in [0, 0.1) is 0 Å². The van der Waals surface area contributed by atoms with Crippen LogP contribution in [0.1, 0.15) is 19.8 Å². The van der Waals surface area contributed by atoms with E-state index in [1.807, 2.05) is 33.2 Å². The minimum atomic E-state index is -3.65. The molecule has 4 rings (SSSR count). The summed E-state index contributed by atoms with van der Waals surface area (Å²) >= 11 is 0. The molecule has 1 fully saturated rings. The van der Waals surface area contributed by atoms with Crippen LogP contribution in [0.15, 0.2) is 53.6 Å². The summed E-state index contributed by atoms with van der Waals surface area (Å²) in [5.74, 6) is 1.57. The van der Waals surface area contributed by atoms with Gasteiger partial charge in [-0.05, 0) is 56.5 Å². The van der Waals surface area contributed by atoms with Crippen LogP contribution in [-0.4, -0.2) is 52.4 Å². The van der Waals surface area contributed by atoms with Gasteiger partial charge in [0.2, 0.25) is 16.0 Å². The lowest BCUT2D eigenvalue weighted by molar-refractivity contribution is 0.342. The molecule has 2 aromatic carbocycles. The second-order valence-electron chi connectivity index (χ2n) is 8.05. The first kappa shape index (κ1) is 24.8. The maximum absolute atomic E-state index is 12.5. The van der Waals surface area contributed by atoms with Gasteiger partial charge < -0.3 is 20.3 Å². The molecule has 35 heavy (non-hydrogen) atoms. The van der Waals surface area contributed by atoms with Gasteiger partial charge in [-0.25, -0.2) is 18.1 Å². The summed E-state index contributed by atoms with van der Waals surface area (Å²) in [5, 5.41) is 6.42. The molecule has 1 aliphatic rings. The number of hydrogen-bond acceptors (Lipinski definition) is 8. The smallest absolute Gasteiger partial charge is 0.242 e. The Morgan fingerprint density at radius 1 is 1.09 bits per heavy atom. The van der Waals surface area contributed by atoms with Gasteiger partial charge in [-0.3, -0.25) is 0 Å². The number of nitrogens with zero attached hydrogens (tertiary/aromatic N) is 3. The lowest BCUT2D eigenvalue weighted by Gasteiger charge is -2.20. The molecule has 1 saturated heterocycles. The summed E-state index contributed by atoms with van der Waals surface area (Å²) in [5.41, 5.74) is 3.05. The van der Waals surface area contributed by atoms with Gasteiger partial charge in [0.15, 0.2) is 7.28 Å². The molecule has 0 amide bonds. The second-order valence-corrected chi connectivity index (χ2v) is 9.90. The standard InChI is InChI=1S/C24H30BN6O3S/c1-4-34-21-15-17(31-13-7-8-14-31)11-12-19(21)29-24-27-16-18(25-2)23(30-24)28-20-9-5-6-10-22(20)35(32,33)26-3/h5-6,9-12,15-16,26H,4,7-8,13-14H2,1-3H3,(H2,27,28,29,30). The molecular formula is C24H30BN6O3S. The monoisotopic (exact) mass is 493 g/mol. The number of anilines is 5. The molecule has 1 aliphatic heterocycles. The number of rotatable bonds is 10. The van der Waals surface area contributed by atoms with E-state index in [-0.39, 0.29) is 4.90 Å². The van der Waals surface area contributed by atoms with Gasteiger partial charge in [0.25, 0.3) is 0 Å². The summed E-state index contributed by atoms with van der Waals surface area (Å²) in [4.78, 5) is 11.6. The molecule has 0 unspecified atom stereocenters. The van der Waals surface area contributed by atoms with Crippen LogP contribution in [0.4, 0.5) is 28.8 Å². The van der Waals surface area contributed by atoms with Crippen LogP contribution in [0.25, 0.3) is 0 Å². The molecule has 9 nitrogen and oxygen atoms in total. The summed E-state index contributed by atoms with van der Waals surface area (Å²) in [7, 11) is -0.410. The quantitative estimate of drug-likeness (QED) is 0.370. The first-order valence-corrected chi connectivity index (χ1v) is 13.2. The lowest BCUT2D eigenvalue weighted by atomic mass is 9.74. The third kappa shape index (κ3) is 5.68. The van der Waals surface area contributed by atoms with Crippen LogP contribution in [0.5, 0.6) is 5.75 Å². The zero-order chi connectivity index (χ0) is 24.8. The van der Waals surface area contributed by atoms with Gasteiger partial charge in [-0.1, -0.05) is 19.0 Å². The molecule has 11 heteroatoms. The predicted molar refractivity (Wildman–Crippen MR) is 142 cm³/mol. The molecule has 1 radical (unpaired) electrons. The first-order valence-electron chi connectivity index (χ1n) is 11.7. The minimum absolute atomic E-state index is 0.133.